The molecule has 0 aliphatic carbocycles. The second-order valence-electron chi connectivity index (χ2n) is 6.15. The predicted molar refractivity (Wildman–Crippen MR) is 100 cm³/mol. The number of nitrogens with zero attached hydrogens (tertiary/aromatic N) is 2. The molecule has 2 N–H and O–H groups in total. The molecule has 0 amide bonds. The lowest BCUT2D eigenvalue weighted by Gasteiger charge is -2.06. The fourth-order valence-electron chi connectivity index (χ4n) is 3.48. The van der Waals surface area contributed by atoms with Gasteiger partial charge in [0.2, 0.25) is 0 Å². The molecule has 25 heavy (non-hydrogen) atoms. The first-order chi connectivity index (χ1) is 12.3. The molecule has 0 aliphatic rings. The summed E-state index contributed by atoms with van der Waals surface area (Å²) in [5.74, 6) is 0. The predicted octanol–water partition coefficient (Wildman–Crippen LogP) is 4.42. The first-order valence-corrected chi connectivity index (χ1v) is 8.18. The van der Waals surface area contributed by atoms with Crippen LogP contribution in [0.15, 0.2) is 67.1 Å². The Kier molecular flexibility index (Phi) is 3.05. The molecule has 0 aliphatic heterocycles. The van der Waals surface area contributed by atoms with Gasteiger partial charge in [0.1, 0.15) is 0 Å². The maximum Gasteiger partial charge on any atom is 0.0964 e. The van der Waals surface area contributed by atoms with Crippen molar-refractivity contribution in [2.45, 2.75) is 6.61 Å². The molecule has 0 unspecified atom stereocenters. The van der Waals surface area contributed by atoms with E-state index in [1.165, 1.54) is 0 Å². The normalized spacial score (nSPS) is 11.6. The number of hydrogen-bond acceptors (Lipinski definition) is 3. The number of H-pyrrole nitrogens is 1. The van der Waals surface area contributed by atoms with Gasteiger partial charge in [0.05, 0.1) is 17.8 Å². The summed E-state index contributed by atoms with van der Waals surface area (Å²) < 4.78 is 0. The van der Waals surface area contributed by atoms with Gasteiger partial charge < -0.3 is 10.1 Å². The number of benzene rings is 2. The Morgan fingerprint density at radius 2 is 1.84 bits per heavy atom. The Labute approximate surface area is 143 Å². The number of fused-ring (bicyclic) bond motifs is 4. The minimum Gasteiger partial charge on any atom is -0.392 e. The molecule has 0 fully saturated rings. The molecule has 3 heterocycles. The quantitative estimate of drug-likeness (QED) is 0.505. The van der Waals surface area contributed by atoms with E-state index in [0.29, 0.717) is 0 Å². The summed E-state index contributed by atoms with van der Waals surface area (Å²) in [4.78, 5) is 12.5. The largest absolute Gasteiger partial charge is 0.392 e. The highest BCUT2D eigenvalue weighted by Gasteiger charge is 2.13. The number of aliphatic hydroxyl groups is 1. The topological polar surface area (TPSA) is 61.8 Å². The van der Waals surface area contributed by atoms with E-state index in [1.54, 1.807) is 0 Å². The molecule has 0 radical (unpaired) electrons. The lowest BCUT2D eigenvalue weighted by atomic mass is 10.0. The summed E-state index contributed by atoms with van der Waals surface area (Å²) in [5.41, 5.74) is 4.79. The van der Waals surface area contributed by atoms with Crippen LogP contribution in [0.25, 0.3) is 43.8 Å². The van der Waals surface area contributed by atoms with Gasteiger partial charge in [-0.05, 0) is 23.1 Å². The van der Waals surface area contributed by atoms with Crippen LogP contribution < -0.4 is 0 Å². The smallest absolute Gasteiger partial charge is 0.0964 e. The van der Waals surface area contributed by atoms with Gasteiger partial charge in [0.15, 0.2) is 0 Å². The van der Waals surface area contributed by atoms with E-state index < -0.39 is 0 Å². The molecule has 5 rings (SSSR count). The maximum atomic E-state index is 9.39. The second-order valence-corrected chi connectivity index (χ2v) is 6.15. The monoisotopic (exact) mass is 325 g/mol. The van der Waals surface area contributed by atoms with Crippen LogP contribution in [0.2, 0.25) is 0 Å². The zero-order valence-corrected chi connectivity index (χ0v) is 13.4. The van der Waals surface area contributed by atoms with Crippen LogP contribution in [0.5, 0.6) is 0 Å². The summed E-state index contributed by atoms with van der Waals surface area (Å²) in [7, 11) is 0. The lowest BCUT2D eigenvalue weighted by Crippen LogP contribution is -1.88. The summed E-state index contributed by atoms with van der Waals surface area (Å²) >= 11 is 0. The van der Waals surface area contributed by atoms with Gasteiger partial charge in [-0.3, -0.25) is 9.97 Å². The summed E-state index contributed by atoms with van der Waals surface area (Å²) in [5, 5.41) is 13.9. The first kappa shape index (κ1) is 14.1. The average molecular weight is 325 g/mol. The third-order valence-electron chi connectivity index (χ3n) is 4.69. The molecule has 3 aromatic heterocycles. The van der Waals surface area contributed by atoms with Crippen molar-refractivity contribution >= 4 is 32.6 Å². The second kappa shape index (κ2) is 5.40. The molecule has 0 spiro atoms. The minimum absolute atomic E-state index is 0.0314. The molecule has 0 saturated heterocycles. The fraction of sp³-hybridized carbons (Fsp3) is 0.0476. The molecular formula is C21H15N3O. The van der Waals surface area contributed by atoms with Crippen molar-refractivity contribution in [1.29, 1.82) is 0 Å². The Hall–Kier alpha value is -3.24. The first-order valence-electron chi connectivity index (χ1n) is 8.18. The van der Waals surface area contributed by atoms with Crippen LogP contribution in [0.1, 0.15) is 5.56 Å². The SMILES string of the molecule is OCc1ccc2c(c1)[nH]c1c(-c3cncc4ccccc34)nccc12. The molecule has 2 aromatic carbocycles. The van der Waals surface area contributed by atoms with Crippen molar-refractivity contribution < 1.29 is 5.11 Å². The van der Waals surface area contributed by atoms with E-state index in [2.05, 4.69) is 27.1 Å². The highest BCUT2D eigenvalue weighted by molar-refractivity contribution is 6.12. The number of aromatic nitrogens is 3. The van der Waals surface area contributed by atoms with Crippen molar-refractivity contribution in [3.8, 4) is 11.3 Å². The van der Waals surface area contributed by atoms with Crippen LogP contribution in [0.3, 0.4) is 0 Å². The molecule has 0 saturated carbocycles. The highest BCUT2D eigenvalue weighted by Crippen LogP contribution is 2.34. The van der Waals surface area contributed by atoms with Crippen molar-refractivity contribution in [3.63, 3.8) is 0 Å². The Bertz CT molecular complexity index is 1230. The summed E-state index contributed by atoms with van der Waals surface area (Å²) in [6.45, 7) is 0.0314. The van der Waals surface area contributed by atoms with Crippen molar-refractivity contribution in [2.24, 2.45) is 0 Å². The zero-order chi connectivity index (χ0) is 16.8. The standard InChI is InChI=1S/C21H15N3O/c25-12-13-5-6-16-17-7-8-23-20(21(17)24-19(16)9-13)18-11-22-10-14-3-1-2-4-15(14)18/h1-11,24-25H,12H2. The van der Waals surface area contributed by atoms with Gasteiger partial charge in [-0.2, -0.15) is 0 Å². The van der Waals surface area contributed by atoms with E-state index in [4.69, 9.17) is 0 Å². The average Bonchev–Trinajstić information content (AvgIpc) is 3.05. The number of aromatic amines is 1. The van der Waals surface area contributed by atoms with Crippen LogP contribution in [-0.4, -0.2) is 20.1 Å². The van der Waals surface area contributed by atoms with Crippen LogP contribution in [-0.2, 0) is 6.61 Å². The Morgan fingerprint density at radius 1 is 0.920 bits per heavy atom. The van der Waals surface area contributed by atoms with Crippen LogP contribution in [0.4, 0.5) is 0 Å². The number of pyridine rings is 2. The van der Waals surface area contributed by atoms with Gasteiger partial charge in [-0.1, -0.05) is 36.4 Å². The number of nitrogens with one attached hydrogen (secondary N) is 1. The number of hydrogen-bond donors (Lipinski definition) is 2. The summed E-state index contributed by atoms with van der Waals surface area (Å²) in [6.07, 6.45) is 5.58. The molecular weight excluding hydrogens is 310 g/mol. The Balaban J connectivity index is 1.87. The summed E-state index contributed by atoms with van der Waals surface area (Å²) in [6, 6.07) is 16.2. The van der Waals surface area contributed by atoms with E-state index >= 15 is 0 Å². The van der Waals surface area contributed by atoms with E-state index in [1.807, 2.05) is 55.0 Å². The maximum absolute atomic E-state index is 9.39. The van der Waals surface area contributed by atoms with Crippen molar-refractivity contribution in [3.05, 3.63) is 72.7 Å². The molecule has 5 aromatic rings. The van der Waals surface area contributed by atoms with E-state index in [-0.39, 0.29) is 6.61 Å². The van der Waals surface area contributed by atoms with Crippen molar-refractivity contribution in [2.75, 3.05) is 0 Å². The van der Waals surface area contributed by atoms with Gasteiger partial charge in [0, 0.05) is 45.8 Å². The highest BCUT2D eigenvalue weighted by atomic mass is 16.3. The van der Waals surface area contributed by atoms with Gasteiger partial charge >= 0.3 is 0 Å². The van der Waals surface area contributed by atoms with Crippen LogP contribution >= 0.6 is 0 Å². The van der Waals surface area contributed by atoms with Crippen molar-refractivity contribution in [1.82, 2.24) is 15.0 Å². The van der Waals surface area contributed by atoms with E-state index in [0.717, 1.165) is 49.4 Å². The van der Waals surface area contributed by atoms with Gasteiger partial charge in [0.25, 0.3) is 0 Å². The third kappa shape index (κ3) is 2.12. The van der Waals surface area contributed by atoms with Crippen LogP contribution in [0, 0.1) is 0 Å². The molecule has 4 nitrogen and oxygen atoms in total. The molecule has 4 heteroatoms. The van der Waals surface area contributed by atoms with Gasteiger partial charge in [-0.15, -0.1) is 0 Å². The Morgan fingerprint density at radius 3 is 2.76 bits per heavy atom. The minimum atomic E-state index is 0.0314. The van der Waals surface area contributed by atoms with E-state index in [9.17, 15) is 5.11 Å². The number of aliphatic hydroxyl groups excluding tert-OH is 1. The molecule has 0 bridgehead atoms. The van der Waals surface area contributed by atoms with Gasteiger partial charge in [-0.25, -0.2) is 0 Å². The molecule has 0 atom stereocenters. The zero-order valence-electron chi connectivity index (χ0n) is 13.4. The molecule has 120 valence electrons. The number of rotatable bonds is 2. The lowest BCUT2D eigenvalue weighted by molar-refractivity contribution is 0.282. The fourth-order valence-corrected chi connectivity index (χ4v) is 3.48. The third-order valence-corrected chi connectivity index (χ3v) is 4.69.